The maximum atomic E-state index is 13.1. The number of likely N-dealkylation sites (N-methyl/N-ethyl adjacent to an activating group) is 1. The van der Waals surface area contributed by atoms with Gasteiger partial charge in [-0.05, 0) is 52.2 Å². The summed E-state index contributed by atoms with van der Waals surface area (Å²) in [7, 11) is 0.211. The van der Waals surface area contributed by atoms with Crippen molar-refractivity contribution in [1.82, 2.24) is 25.2 Å². The third kappa shape index (κ3) is 7.25. The highest BCUT2D eigenvalue weighted by molar-refractivity contribution is 7.92. The molecule has 0 aliphatic carbocycles. The molecule has 13 heteroatoms. The number of aryl methyl sites for hydroxylation is 1. The van der Waals surface area contributed by atoms with Crippen LogP contribution in [0.5, 0.6) is 0 Å². The summed E-state index contributed by atoms with van der Waals surface area (Å²) in [6.07, 6.45) is 0. The molecule has 3 heterocycles. The normalized spacial score (nSPS) is 16.0. The van der Waals surface area contributed by atoms with E-state index in [1.807, 2.05) is 25.9 Å². The Balaban J connectivity index is 1.59. The Morgan fingerprint density at radius 1 is 1.21 bits per heavy atom. The molecule has 38 heavy (non-hydrogen) atoms. The molecule has 0 radical (unpaired) electrons. The molecule has 1 aromatic carbocycles. The van der Waals surface area contributed by atoms with E-state index in [0.29, 0.717) is 60.6 Å². The Labute approximate surface area is 227 Å². The largest absolute Gasteiger partial charge is 0.377 e. The molecule has 0 unspecified atom stereocenters. The van der Waals surface area contributed by atoms with Gasteiger partial charge in [0.25, 0.3) is 0 Å². The highest BCUT2D eigenvalue weighted by Crippen LogP contribution is 2.27. The zero-order chi connectivity index (χ0) is 27.3. The number of ether oxygens (including phenoxy) is 1. The number of amides is 2. The number of carbonyl (C=O) groups is 1. The topological polar surface area (TPSA) is 130 Å². The van der Waals surface area contributed by atoms with Crippen LogP contribution < -0.4 is 15.5 Å². The van der Waals surface area contributed by atoms with Crippen molar-refractivity contribution in [3.05, 3.63) is 47.1 Å². The molecule has 1 aliphatic rings. The molecule has 0 bridgehead atoms. The van der Waals surface area contributed by atoms with Gasteiger partial charge in [-0.1, -0.05) is 0 Å². The summed E-state index contributed by atoms with van der Waals surface area (Å²) in [4.78, 5) is 29.8. The van der Waals surface area contributed by atoms with Crippen LogP contribution in [0, 0.1) is 6.92 Å². The fraction of sp³-hybridized carbons (Fsp3) is 0.440. The van der Waals surface area contributed by atoms with Crippen LogP contribution in [0.4, 0.5) is 16.3 Å². The Kier molecular flexibility index (Phi) is 8.92. The fourth-order valence-corrected chi connectivity index (χ4v) is 6.28. The zero-order valence-electron chi connectivity index (χ0n) is 22.0. The summed E-state index contributed by atoms with van der Waals surface area (Å²) >= 11 is 1.11. The van der Waals surface area contributed by atoms with E-state index in [1.165, 1.54) is 0 Å². The fourth-order valence-electron chi connectivity index (χ4n) is 3.90. The van der Waals surface area contributed by atoms with Gasteiger partial charge in [-0.3, -0.25) is 0 Å². The molecule has 2 aromatic heterocycles. The molecule has 1 saturated heterocycles. The van der Waals surface area contributed by atoms with Crippen LogP contribution in [0.2, 0.25) is 0 Å². The number of carbonyl (C=O) groups excluding carboxylic acids is 1. The lowest BCUT2D eigenvalue weighted by molar-refractivity contribution is 0.0985. The van der Waals surface area contributed by atoms with Crippen molar-refractivity contribution in [3.63, 3.8) is 0 Å². The van der Waals surface area contributed by atoms with Crippen molar-refractivity contribution in [2.75, 3.05) is 57.2 Å². The van der Waals surface area contributed by atoms with Crippen molar-refractivity contribution in [2.45, 2.75) is 30.0 Å². The number of urea groups is 1. The summed E-state index contributed by atoms with van der Waals surface area (Å²) in [5.41, 5.74) is 2.38. The smallest absolute Gasteiger partial charge is 0.319 e. The average Bonchev–Trinajstić information content (AvgIpc) is 3.31. The van der Waals surface area contributed by atoms with Crippen LogP contribution in [0.1, 0.15) is 18.3 Å². The first-order valence-electron chi connectivity index (χ1n) is 12.3. The lowest BCUT2D eigenvalue weighted by Crippen LogP contribution is -2.44. The first-order valence-corrected chi connectivity index (χ1v) is 14.8. The van der Waals surface area contributed by atoms with E-state index in [1.54, 1.807) is 42.6 Å². The molecule has 0 saturated carbocycles. The summed E-state index contributed by atoms with van der Waals surface area (Å²) in [6.45, 7) is 6.84. The minimum Gasteiger partial charge on any atom is -0.377 e. The number of morpholine rings is 1. The van der Waals surface area contributed by atoms with Gasteiger partial charge in [-0.25, -0.2) is 28.2 Å². The summed E-state index contributed by atoms with van der Waals surface area (Å²) in [6, 6.07) is 8.67. The quantitative estimate of drug-likeness (QED) is 0.406. The summed E-state index contributed by atoms with van der Waals surface area (Å²) in [5.74, 6) is 0.769. The van der Waals surface area contributed by atoms with E-state index in [4.69, 9.17) is 9.72 Å². The van der Waals surface area contributed by atoms with Gasteiger partial charge in [-0.15, -0.1) is 11.3 Å². The maximum absolute atomic E-state index is 13.1. The van der Waals surface area contributed by atoms with E-state index in [0.717, 1.165) is 17.9 Å². The lowest BCUT2D eigenvalue weighted by atomic mass is 10.2. The van der Waals surface area contributed by atoms with Gasteiger partial charge in [0.1, 0.15) is 5.82 Å². The number of sulfone groups is 1. The van der Waals surface area contributed by atoms with E-state index in [2.05, 4.69) is 25.5 Å². The Hall–Kier alpha value is -3.13. The molecule has 0 spiro atoms. The average molecular weight is 560 g/mol. The predicted octanol–water partition coefficient (Wildman–Crippen LogP) is 2.79. The highest BCUT2D eigenvalue weighted by atomic mass is 32.2. The van der Waals surface area contributed by atoms with Crippen molar-refractivity contribution in [1.29, 1.82) is 0 Å². The summed E-state index contributed by atoms with van der Waals surface area (Å²) < 4.78 is 31.8. The van der Waals surface area contributed by atoms with Crippen LogP contribution in [-0.2, 0) is 20.3 Å². The van der Waals surface area contributed by atoms with Crippen LogP contribution in [0.25, 0.3) is 11.4 Å². The molecular weight excluding hydrogens is 526 g/mol. The van der Waals surface area contributed by atoms with E-state index < -0.39 is 9.84 Å². The Morgan fingerprint density at radius 3 is 2.63 bits per heavy atom. The number of nitrogens with zero attached hydrogens (tertiary/aromatic N) is 5. The molecule has 4 rings (SSSR count). The monoisotopic (exact) mass is 559 g/mol. The first kappa shape index (κ1) is 27.9. The molecular formula is C25H33N7O4S2. The van der Waals surface area contributed by atoms with Crippen molar-refractivity contribution in [2.24, 2.45) is 0 Å². The van der Waals surface area contributed by atoms with E-state index in [9.17, 15) is 13.2 Å². The number of nitrogens with one attached hydrogen (secondary N) is 2. The molecule has 1 fully saturated rings. The number of rotatable bonds is 9. The minimum atomic E-state index is -3.67. The highest BCUT2D eigenvalue weighted by Gasteiger charge is 2.25. The first-order chi connectivity index (χ1) is 18.1. The van der Waals surface area contributed by atoms with Gasteiger partial charge in [0.05, 0.1) is 30.7 Å². The third-order valence-corrected chi connectivity index (χ3v) is 8.98. The van der Waals surface area contributed by atoms with Gasteiger partial charge in [-0.2, -0.15) is 0 Å². The molecule has 1 atom stereocenters. The number of thiazole rings is 1. The van der Waals surface area contributed by atoms with E-state index in [-0.39, 0.29) is 22.2 Å². The van der Waals surface area contributed by atoms with Gasteiger partial charge in [0.2, 0.25) is 14.2 Å². The second-order valence-electron chi connectivity index (χ2n) is 9.43. The standard InChI is InChI=1S/C25H33N7O4S2/c1-17-15-37-25(27-17)38(34,35)16-21-13-22(32-11-12-36-14-18(32)2)30-23(28-21)19-5-7-20(8-6-19)29-24(33)26-9-10-31(3)4/h5-8,13,15,18H,9-12,14,16H2,1-4H3,(H2,26,29,33)/t18-/m0/s1. The number of hydrogen-bond acceptors (Lipinski definition) is 10. The SMILES string of the molecule is Cc1csc(S(=O)(=O)Cc2cc(N3CCOC[C@@H]3C)nc(-c3ccc(NC(=O)NCCN(C)C)cc3)n2)n1. The van der Waals surface area contributed by atoms with Crippen LogP contribution in [0.15, 0.2) is 40.1 Å². The molecule has 2 N–H and O–H groups in total. The molecule has 204 valence electrons. The molecule has 3 aromatic rings. The van der Waals surface area contributed by atoms with Gasteiger partial charge >= 0.3 is 6.03 Å². The Bertz CT molecular complexity index is 1360. The van der Waals surface area contributed by atoms with Gasteiger partial charge < -0.3 is 25.2 Å². The number of aromatic nitrogens is 3. The van der Waals surface area contributed by atoms with Crippen molar-refractivity contribution in [3.8, 4) is 11.4 Å². The second-order valence-corrected chi connectivity index (χ2v) is 12.5. The third-order valence-electron chi connectivity index (χ3n) is 5.88. The zero-order valence-corrected chi connectivity index (χ0v) is 23.6. The van der Waals surface area contributed by atoms with Crippen molar-refractivity contribution >= 4 is 38.7 Å². The van der Waals surface area contributed by atoms with Crippen molar-refractivity contribution < 1.29 is 17.9 Å². The summed E-state index contributed by atoms with van der Waals surface area (Å²) in [5, 5.41) is 7.34. The van der Waals surface area contributed by atoms with Crippen LogP contribution >= 0.6 is 11.3 Å². The molecule has 2 amide bonds. The van der Waals surface area contributed by atoms with Crippen LogP contribution in [-0.4, -0.2) is 87.3 Å². The molecule has 1 aliphatic heterocycles. The number of benzene rings is 1. The second kappa shape index (κ2) is 12.2. The number of hydrogen-bond donors (Lipinski definition) is 2. The Morgan fingerprint density at radius 2 is 1.97 bits per heavy atom. The maximum Gasteiger partial charge on any atom is 0.319 e. The van der Waals surface area contributed by atoms with Gasteiger partial charge in [0, 0.05) is 48.0 Å². The van der Waals surface area contributed by atoms with Gasteiger partial charge in [0.15, 0.2) is 5.82 Å². The minimum absolute atomic E-state index is 0.0788. The molecule has 11 nitrogen and oxygen atoms in total. The lowest BCUT2D eigenvalue weighted by Gasteiger charge is -2.34. The number of anilines is 2. The van der Waals surface area contributed by atoms with E-state index >= 15 is 0 Å². The predicted molar refractivity (Wildman–Crippen MR) is 148 cm³/mol. The van der Waals surface area contributed by atoms with Crippen LogP contribution in [0.3, 0.4) is 0 Å².